The lowest BCUT2D eigenvalue weighted by atomic mass is 10.1. The highest BCUT2D eigenvalue weighted by molar-refractivity contribution is 6.04. The molecule has 14 heteroatoms. The molecule has 0 radical (unpaired) electrons. The van der Waals surface area contributed by atoms with E-state index in [1.807, 2.05) is 13.8 Å². The number of nitrogens with one attached hydrogen (secondary N) is 2. The van der Waals surface area contributed by atoms with Gasteiger partial charge in [0.25, 0.3) is 5.91 Å². The Balaban J connectivity index is 1.51. The van der Waals surface area contributed by atoms with Crippen LogP contribution in [0.15, 0.2) is 30.3 Å². The smallest absolute Gasteiger partial charge is 0.276 e. The number of amides is 3. The fraction of sp³-hybridized carbons (Fsp3) is 0.296. The van der Waals surface area contributed by atoms with Crippen LogP contribution in [0.4, 0.5) is 17.3 Å². The molecule has 2 aromatic heterocycles. The van der Waals surface area contributed by atoms with Crippen molar-refractivity contribution in [1.29, 1.82) is 0 Å². The zero-order chi connectivity index (χ0) is 29.8. The number of nitrogen functional groups attached to an aromatic ring is 1. The fourth-order valence-electron chi connectivity index (χ4n) is 4.41. The van der Waals surface area contributed by atoms with Gasteiger partial charge in [-0.15, -0.1) is 0 Å². The summed E-state index contributed by atoms with van der Waals surface area (Å²) < 4.78 is 14.7. The van der Waals surface area contributed by atoms with E-state index in [0.29, 0.717) is 59.1 Å². The summed E-state index contributed by atoms with van der Waals surface area (Å²) in [7, 11) is 3.20. The van der Waals surface area contributed by atoms with Gasteiger partial charge in [0, 0.05) is 31.3 Å². The maximum Gasteiger partial charge on any atom is 0.276 e. The molecule has 0 bridgehead atoms. The molecule has 0 saturated heterocycles. The Kier molecular flexibility index (Phi) is 8.31. The molecule has 0 unspecified atom stereocenters. The number of imidazole rings is 1. The molecule has 0 spiro atoms. The predicted molar refractivity (Wildman–Crippen MR) is 154 cm³/mol. The van der Waals surface area contributed by atoms with Gasteiger partial charge in [0.05, 0.1) is 30.6 Å². The van der Waals surface area contributed by atoms with Crippen molar-refractivity contribution >= 4 is 46.1 Å². The molecule has 0 aliphatic rings. The largest absolute Gasteiger partial charge is 0.494 e. The fourth-order valence-corrected chi connectivity index (χ4v) is 4.41. The van der Waals surface area contributed by atoms with Crippen LogP contribution in [0.3, 0.4) is 0 Å². The van der Waals surface area contributed by atoms with Crippen LogP contribution in [0.2, 0.25) is 0 Å². The molecule has 0 aliphatic carbocycles. The lowest BCUT2D eigenvalue weighted by Gasteiger charge is -2.15. The van der Waals surface area contributed by atoms with E-state index in [2.05, 4.69) is 20.7 Å². The van der Waals surface area contributed by atoms with Crippen LogP contribution in [0.1, 0.15) is 50.2 Å². The molecule has 14 nitrogen and oxygen atoms in total. The number of nitrogens with zero attached hydrogens (tertiary/aromatic N) is 4. The molecule has 0 saturated carbocycles. The van der Waals surface area contributed by atoms with Crippen LogP contribution in [0, 0.1) is 6.92 Å². The third-order valence-corrected chi connectivity index (χ3v) is 6.40. The maximum absolute atomic E-state index is 13.0. The second-order valence-corrected chi connectivity index (χ2v) is 9.28. The molecule has 41 heavy (non-hydrogen) atoms. The SMILES string of the molecule is CCn1nc(C)cc1C(=O)Nc1nc2cc(C(N)=O)cc(OCCCNc3c(N)cc(C(N)=O)cc3OC)c2n1C. The molecule has 4 aromatic rings. The number of aromatic nitrogens is 4. The topological polar surface area (TPSA) is 207 Å². The highest BCUT2D eigenvalue weighted by Gasteiger charge is 2.20. The average molecular weight is 564 g/mol. The first-order valence-electron chi connectivity index (χ1n) is 12.8. The van der Waals surface area contributed by atoms with Crippen molar-refractivity contribution in [2.75, 3.05) is 36.6 Å². The summed E-state index contributed by atoms with van der Waals surface area (Å²) in [6.45, 7) is 4.95. The molecule has 2 heterocycles. The van der Waals surface area contributed by atoms with Crippen molar-refractivity contribution in [2.24, 2.45) is 18.5 Å². The van der Waals surface area contributed by atoms with Gasteiger partial charge in [-0.2, -0.15) is 5.10 Å². The van der Waals surface area contributed by atoms with E-state index in [0.717, 1.165) is 5.69 Å². The van der Waals surface area contributed by atoms with Crippen LogP contribution in [0.25, 0.3) is 11.0 Å². The van der Waals surface area contributed by atoms with E-state index in [4.69, 9.17) is 26.7 Å². The zero-order valence-corrected chi connectivity index (χ0v) is 23.3. The minimum Gasteiger partial charge on any atom is -0.494 e. The van der Waals surface area contributed by atoms with E-state index in [-0.39, 0.29) is 29.6 Å². The number of carbonyl (C=O) groups excluding carboxylic acids is 3. The molecule has 216 valence electrons. The Hall–Kier alpha value is -5.27. The van der Waals surface area contributed by atoms with Crippen molar-refractivity contribution in [3.05, 3.63) is 52.8 Å². The molecule has 8 N–H and O–H groups in total. The third-order valence-electron chi connectivity index (χ3n) is 6.40. The average Bonchev–Trinajstić information content (AvgIpc) is 3.47. The van der Waals surface area contributed by atoms with Crippen molar-refractivity contribution in [3.63, 3.8) is 0 Å². The monoisotopic (exact) mass is 563 g/mol. The summed E-state index contributed by atoms with van der Waals surface area (Å²) in [6.07, 6.45) is 0.532. The van der Waals surface area contributed by atoms with Gasteiger partial charge in [0.1, 0.15) is 28.4 Å². The number of methoxy groups -OCH3 is 1. The van der Waals surface area contributed by atoms with E-state index in [9.17, 15) is 14.4 Å². The minimum absolute atomic E-state index is 0.216. The summed E-state index contributed by atoms with van der Waals surface area (Å²) in [5, 5.41) is 10.3. The van der Waals surface area contributed by atoms with Gasteiger partial charge in [0.15, 0.2) is 0 Å². The van der Waals surface area contributed by atoms with Crippen molar-refractivity contribution in [1.82, 2.24) is 19.3 Å². The highest BCUT2D eigenvalue weighted by atomic mass is 16.5. The van der Waals surface area contributed by atoms with Gasteiger partial charge in [-0.05, 0) is 50.6 Å². The quantitative estimate of drug-likeness (QED) is 0.126. The number of primary amides is 2. The molecule has 0 atom stereocenters. The summed E-state index contributed by atoms with van der Waals surface area (Å²) in [6, 6.07) is 7.79. The first-order chi connectivity index (χ1) is 19.5. The second-order valence-electron chi connectivity index (χ2n) is 9.28. The van der Waals surface area contributed by atoms with Crippen LogP contribution >= 0.6 is 0 Å². The number of hydrogen-bond donors (Lipinski definition) is 5. The first-order valence-corrected chi connectivity index (χ1v) is 12.8. The lowest BCUT2D eigenvalue weighted by Crippen LogP contribution is -2.19. The summed E-state index contributed by atoms with van der Waals surface area (Å²) in [5.74, 6) is -0.588. The van der Waals surface area contributed by atoms with Gasteiger partial charge in [-0.3, -0.25) is 24.4 Å². The zero-order valence-electron chi connectivity index (χ0n) is 23.3. The first kappa shape index (κ1) is 28.7. The number of rotatable bonds is 12. The van der Waals surface area contributed by atoms with Crippen molar-refractivity contribution in [3.8, 4) is 11.5 Å². The third kappa shape index (κ3) is 6.00. The molecule has 0 fully saturated rings. The Morgan fingerprint density at radius 3 is 2.37 bits per heavy atom. The van der Waals surface area contributed by atoms with Gasteiger partial charge in [0.2, 0.25) is 17.8 Å². The lowest BCUT2D eigenvalue weighted by molar-refractivity contribution is 0.0991. The van der Waals surface area contributed by atoms with E-state index in [1.165, 1.54) is 19.2 Å². The van der Waals surface area contributed by atoms with Crippen LogP contribution in [-0.4, -0.2) is 57.3 Å². The number of benzene rings is 2. The molecule has 3 amide bonds. The maximum atomic E-state index is 13.0. The highest BCUT2D eigenvalue weighted by Crippen LogP contribution is 2.33. The van der Waals surface area contributed by atoms with Gasteiger partial charge >= 0.3 is 0 Å². The van der Waals surface area contributed by atoms with Crippen molar-refractivity contribution < 1.29 is 23.9 Å². The normalized spacial score (nSPS) is 10.9. The Morgan fingerprint density at radius 1 is 1.02 bits per heavy atom. The Bertz CT molecular complexity index is 1640. The van der Waals surface area contributed by atoms with E-state index >= 15 is 0 Å². The van der Waals surface area contributed by atoms with Gasteiger partial charge in [-0.25, -0.2) is 4.98 Å². The summed E-state index contributed by atoms with van der Waals surface area (Å²) in [4.78, 5) is 41.0. The summed E-state index contributed by atoms with van der Waals surface area (Å²) in [5.41, 5.74) is 20.4. The van der Waals surface area contributed by atoms with Gasteiger partial charge < -0.3 is 36.6 Å². The number of anilines is 3. The van der Waals surface area contributed by atoms with E-state index in [1.54, 1.807) is 34.5 Å². The number of hydrogen-bond acceptors (Lipinski definition) is 9. The number of carbonyl (C=O) groups is 3. The number of nitrogens with two attached hydrogens (primary N) is 3. The second kappa shape index (κ2) is 11.9. The van der Waals surface area contributed by atoms with E-state index < -0.39 is 11.8 Å². The molecule has 0 aliphatic heterocycles. The Morgan fingerprint density at radius 2 is 1.71 bits per heavy atom. The molecule has 4 rings (SSSR count). The molecule has 2 aromatic carbocycles. The van der Waals surface area contributed by atoms with Gasteiger partial charge in [-0.1, -0.05) is 0 Å². The molecular formula is C27H33N9O5. The molecular weight excluding hydrogens is 530 g/mol. The Labute approximate surface area is 235 Å². The van der Waals surface area contributed by atoms with Crippen LogP contribution < -0.4 is 37.3 Å². The van der Waals surface area contributed by atoms with Crippen LogP contribution in [0.5, 0.6) is 11.5 Å². The minimum atomic E-state index is -0.640. The summed E-state index contributed by atoms with van der Waals surface area (Å²) >= 11 is 0. The standard InChI is InChI=1S/C27H33N9O5/c1-5-36-19(9-14(2)34-36)26(39)33-27-32-18-11-16(25(30)38)13-21(23(18)35(27)3)41-8-6-7-31-22-17(28)10-15(24(29)37)12-20(22)40-4/h9-13,31H,5-8,28H2,1-4H3,(H2,29,37)(H2,30,38)(H,32,33,39). The van der Waals surface area contributed by atoms with Crippen molar-refractivity contribution in [2.45, 2.75) is 26.8 Å². The number of ether oxygens (including phenoxy) is 2. The number of fused-ring (bicyclic) bond motifs is 1. The number of aryl methyl sites for hydroxylation is 3. The van der Waals surface area contributed by atoms with Crippen LogP contribution in [-0.2, 0) is 13.6 Å². The predicted octanol–water partition coefficient (Wildman–Crippen LogP) is 2.02.